The third kappa shape index (κ3) is 3.25. The van der Waals surface area contributed by atoms with Crippen LogP contribution in [0.2, 0.25) is 0 Å². The van der Waals surface area contributed by atoms with Gasteiger partial charge < -0.3 is 4.74 Å². The van der Waals surface area contributed by atoms with E-state index in [2.05, 4.69) is 25.8 Å². The van der Waals surface area contributed by atoms with Crippen LogP contribution in [0, 0.1) is 11.8 Å². The minimum Gasteiger partial charge on any atom is -0.369 e. The van der Waals surface area contributed by atoms with Gasteiger partial charge in [0.05, 0.1) is 6.73 Å². The average molecular weight is 199 g/mol. The first-order valence-corrected chi connectivity index (χ1v) is 5.84. The highest BCUT2D eigenvalue weighted by Crippen LogP contribution is 2.31. The van der Waals surface area contributed by atoms with E-state index in [0.717, 1.165) is 24.6 Å². The van der Waals surface area contributed by atoms with Crippen molar-refractivity contribution in [1.82, 2.24) is 4.90 Å². The van der Waals surface area contributed by atoms with Crippen molar-refractivity contribution >= 4 is 0 Å². The highest BCUT2D eigenvalue weighted by molar-refractivity contribution is 4.78. The van der Waals surface area contributed by atoms with Crippen LogP contribution in [0.5, 0.6) is 0 Å². The smallest absolute Gasteiger partial charge is 0.0986 e. The molecule has 2 nitrogen and oxygen atoms in total. The van der Waals surface area contributed by atoms with Crippen molar-refractivity contribution in [3.8, 4) is 0 Å². The van der Waals surface area contributed by atoms with Gasteiger partial charge in [0.15, 0.2) is 0 Å². The molecule has 14 heavy (non-hydrogen) atoms. The van der Waals surface area contributed by atoms with Crippen LogP contribution in [0.15, 0.2) is 0 Å². The van der Waals surface area contributed by atoms with Gasteiger partial charge in [0.2, 0.25) is 0 Å². The molecule has 2 heteroatoms. The Balaban J connectivity index is 2.28. The first-order valence-electron chi connectivity index (χ1n) is 5.84. The summed E-state index contributed by atoms with van der Waals surface area (Å²) in [5.74, 6) is 1.82. The van der Waals surface area contributed by atoms with Crippen molar-refractivity contribution < 1.29 is 4.74 Å². The standard InChI is InChI=1S/C12H25NO/c1-10(2)11-5-7-12(8-6-11)13(3)9-14-4/h10-12H,5-9H2,1-4H3/t11-,12-. The predicted molar refractivity (Wildman–Crippen MR) is 60.2 cm³/mol. The lowest BCUT2D eigenvalue weighted by molar-refractivity contribution is 0.0325. The summed E-state index contributed by atoms with van der Waals surface area (Å²) < 4.78 is 5.16. The first-order chi connectivity index (χ1) is 6.65. The zero-order valence-electron chi connectivity index (χ0n) is 10.1. The maximum Gasteiger partial charge on any atom is 0.0986 e. The van der Waals surface area contributed by atoms with E-state index in [-0.39, 0.29) is 0 Å². The van der Waals surface area contributed by atoms with Crippen LogP contribution >= 0.6 is 0 Å². The predicted octanol–water partition coefficient (Wildman–Crippen LogP) is 2.74. The zero-order valence-corrected chi connectivity index (χ0v) is 10.1. The SMILES string of the molecule is COCN(C)[C@H]1CC[C@H](C(C)C)CC1. The molecular weight excluding hydrogens is 174 g/mol. The van der Waals surface area contributed by atoms with Gasteiger partial charge in [-0.2, -0.15) is 0 Å². The average Bonchev–Trinajstić information content (AvgIpc) is 2.18. The summed E-state index contributed by atoms with van der Waals surface area (Å²) in [5, 5.41) is 0. The Morgan fingerprint density at radius 3 is 2.21 bits per heavy atom. The van der Waals surface area contributed by atoms with Crippen LogP contribution in [-0.4, -0.2) is 31.8 Å². The molecule has 1 aliphatic carbocycles. The van der Waals surface area contributed by atoms with E-state index in [9.17, 15) is 0 Å². The molecule has 1 saturated carbocycles. The van der Waals surface area contributed by atoms with Crippen molar-refractivity contribution in [2.75, 3.05) is 20.9 Å². The Morgan fingerprint density at radius 1 is 1.21 bits per heavy atom. The fourth-order valence-corrected chi connectivity index (χ4v) is 2.52. The van der Waals surface area contributed by atoms with Crippen molar-refractivity contribution in [2.24, 2.45) is 11.8 Å². The number of hydrogen-bond donors (Lipinski definition) is 0. The Labute approximate surface area is 88.6 Å². The van der Waals surface area contributed by atoms with E-state index in [0.29, 0.717) is 0 Å². The summed E-state index contributed by atoms with van der Waals surface area (Å²) in [4.78, 5) is 2.34. The zero-order chi connectivity index (χ0) is 10.6. The number of rotatable bonds is 4. The van der Waals surface area contributed by atoms with Crippen molar-refractivity contribution in [2.45, 2.75) is 45.6 Å². The third-order valence-electron chi connectivity index (χ3n) is 3.64. The number of hydrogen-bond acceptors (Lipinski definition) is 2. The Morgan fingerprint density at radius 2 is 1.79 bits per heavy atom. The van der Waals surface area contributed by atoms with Crippen LogP contribution in [-0.2, 0) is 4.74 Å². The second-order valence-corrected chi connectivity index (χ2v) is 4.99. The molecule has 0 bridgehead atoms. The molecule has 0 N–H and O–H groups in total. The molecule has 1 aliphatic rings. The second kappa shape index (κ2) is 5.72. The number of nitrogens with zero attached hydrogens (tertiary/aromatic N) is 1. The largest absolute Gasteiger partial charge is 0.369 e. The second-order valence-electron chi connectivity index (χ2n) is 4.99. The van der Waals surface area contributed by atoms with Crippen LogP contribution < -0.4 is 0 Å². The van der Waals surface area contributed by atoms with Gasteiger partial charge in [-0.15, -0.1) is 0 Å². The van der Waals surface area contributed by atoms with E-state index in [1.807, 2.05) is 0 Å². The quantitative estimate of drug-likeness (QED) is 0.646. The summed E-state index contributed by atoms with van der Waals surface area (Å²) in [5.41, 5.74) is 0. The molecule has 0 aromatic rings. The van der Waals surface area contributed by atoms with E-state index >= 15 is 0 Å². The lowest BCUT2D eigenvalue weighted by Gasteiger charge is -2.35. The van der Waals surface area contributed by atoms with Gasteiger partial charge in [0.25, 0.3) is 0 Å². The van der Waals surface area contributed by atoms with Crippen molar-refractivity contribution in [1.29, 1.82) is 0 Å². The Kier molecular flexibility index (Phi) is 4.90. The Hall–Kier alpha value is -0.0800. The third-order valence-corrected chi connectivity index (χ3v) is 3.64. The van der Waals surface area contributed by atoms with Crippen LogP contribution in [0.25, 0.3) is 0 Å². The molecule has 1 rings (SSSR count). The molecule has 0 heterocycles. The van der Waals surface area contributed by atoms with E-state index in [4.69, 9.17) is 4.74 Å². The van der Waals surface area contributed by atoms with Gasteiger partial charge >= 0.3 is 0 Å². The molecule has 0 atom stereocenters. The molecule has 0 radical (unpaired) electrons. The lowest BCUT2D eigenvalue weighted by atomic mass is 9.79. The molecule has 0 spiro atoms. The Bertz CT molecular complexity index is 150. The monoisotopic (exact) mass is 199 g/mol. The first kappa shape index (κ1) is 12.0. The van der Waals surface area contributed by atoms with Gasteiger partial charge in [-0.25, -0.2) is 0 Å². The summed E-state index contributed by atoms with van der Waals surface area (Å²) in [6.45, 7) is 5.48. The van der Waals surface area contributed by atoms with Crippen molar-refractivity contribution in [3.05, 3.63) is 0 Å². The lowest BCUT2D eigenvalue weighted by Crippen LogP contribution is -2.37. The normalized spacial score (nSPS) is 28.7. The van der Waals surface area contributed by atoms with Gasteiger partial charge in [0, 0.05) is 13.2 Å². The van der Waals surface area contributed by atoms with Gasteiger partial charge in [-0.05, 0) is 44.6 Å². The van der Waals surface area contributed by atoms with Crippen LogP contribution in [0.4, 0.5) is 0 Å². The molecule has 0 aliphatic heterocycles. The maximum atomic E-state index is 5.16. The molecule has 0 unspecified atom stereocenters. The molecular formula is C12H25NO. The van der Waals surface area contributed by atoms with E-state index < -0.39 is 0 Å². The number of methoxy groups -OCH3 is 1. The summed E-state index contributed by atoms with van der Waals surface area (Å²) in [6.07, 6.45) is 5.50. The molecule has 0 aromatic carbocycles. The van der Waals surface area contributed by atoms with Gasteiger partial charge in [0.1, 0.15) is 0 Å². The topological polar surface area (TPSA) is 12.5 Å². The van der Waals surface area contributed by atoms with Crippen molar-refractivity contribution in [3.63, 3.8) is 0 Å². The minimum atomic E-state index is 0.755. The fourth-order valence-electron chi connectivity index (χ4n) is 2.52. The summed E-state index contributed by atoms with van der Waals surface area (Å²) in [6, 6.07) is 0.755. The van der Waals surface area contributed by atoms with Crippen LogP contribution in [0.3, 0.4) is 0 Å². The minimum absolute atomic E-state index is 0.755. The number of ether oxygens (including phenoxy) is 1. The van der Waals surface area contributed by atoms with E-state index in [1.54, 1.807) is 7.11 Å². The van der Waals surface area contributed by atoms with E-state index in [1.165, 1.54) is 25.7 Å². The summed E-state index contributed by atoms with van der Waals surface area (Å²) in [7, 11) is 3.94. The molecule has 0 aromatic heterocycles. The van der Waals surface area contributed by atoms with Crippen LogP contribution in [0.1, 0.15) is 39.5 Å². The molecule has 1 fully saturated rings. The summed E-state index contributed by atoms with van der Waals surface area (Å²) >= 11 is 0. The highest BCUT2D eigenvalue weighted by atomic mass is 16.5. The molecule has 0 saturated heterocycles. The molecule has 84 valence electrons. The van der Waals surface area contributed by atoms with Gasteiger partial charge in [-0.3, -0.25) is 4.90 Å². The van der Waals surface area contributed by atoms with Gasteiger partial charge in [-0.1, -0.05) is 13.8 Å². The molecule has 0 amide bonds. The maximum absolute atomic E-state index is 5.16. The highest BCUT2D eigenvalue weighted by Gasteiger charge is 2.25. The fraction of sp³-hybridized carbons (Fsp3) is 1.00.